The van der Waals surface area contributed by atoms with Crippen molar-refractivity contribution in [3.05, 3.63) is 0 Å². The summed E-state index contributed by atoms with van der Waals surface area (Å²) in [6.45, 7) is 1.69. The first-order valence-corrected chi connectivity index (χ1v) is 4.39. The van der Waals surface area contributed by atoms with Crippen molar-refractivity contribution >= 4 is 25.3 Å². The molecule has 2 atom stereocenters. The van der Waals surface area contributed by atoms with Crippen molar-refractivity contribution in [2.75, 3.05) is 0 Å². The standard InChI is InChI=1S/C6H12O3S2/c1-2-5(7,8)3-6(11)4(10)9-6/h4,7-8,10-11H,2-3H2,1H3. The minimum Gasteiger partial charge on any atom is -0.365 e. The van der Waals surface area contributed by atoms with Gasteiger partial charge in [0.15, 0.2) is 10.7 Å². The normalized spacial score (nSPS) is 37.4. The van der Waals surface area contributed by atoms with Gasteiger partial charge in [0.25, 0.3) is 0 Å². The first kappa shape index (κ1) is 9.67. The van der Waals surface area contributed by atoms with Gasteiger partial charge in [-0.25, -0.2) is 0 Å². The van der Waals surface area contributed by atoms with Gasteiger partial charge in [0.05, 0.1) is 0 Å². The molecule has 66 valence electrons. The Bertz CT molecular complexity index is 154. The molecule has 0 aliphatic carbocycles. The first-order chi connectivity index (χ1) is 4.90. The molecule has 1 saturated heterocycles. The molecule has 2 N–H and O–H groups in total. The SMILES string of the molecule is CCC(O)(O)CC1(S)OC1S. The third-order valence-electron chi connectivity index (χ3n) is 1.75. The van der Waals surface area contributed by atoms with Gasteiger partial charge < -0.3 is 14.9 Å². The number of hydrogen-bond donors (Lipinski definition) is 4. The van der Waals surface area contributed by atoms with E-state index in [0.717, 1.165) is 0 Å². The van der Waals surface area contributed by atoms with Crippen molar-refractivity contribution < 1.29 is 14.9 Å². The molecule has 5 heteroatoms. The van der Waals surface area contributed by atoms with E-state index < -0.39 is 10.7 Å². The highest BCUT2D eigenvalue weighted by Gasteiger charge is 2.55. The zero-order valence-corrected chi connectivity index (χ0v) is 7.98. The van der Waals surface area contributed by atoms with Gasteiger partial charge in [-0.3, -0.25) is 0 Å². The van der Waals surface area contributed by atoms with E-state index in [1.54, 1.807) is 6.92 Å². The quantitative estimate of drug-likeness (QED) is 0.300. The average Bonchev–Trinajstić information content (AvgIpc) is 2.39. The van der Waals surface area contributed by atoms with Gasteiger partial charge >= 0.3 is 0 Å². The fourth-order valence-electron chi connectivity index (χ4n) is 0.819. The van der Waals surface area contributed by atoms with E-state index in [9.17, 15) is 10.2 Å². The molecular weight excluding hydrogens is 184 g/mol. The van der Waals surface area contributed by atoms with Gasteiger partial charge in [0.1, 0.15) is 5.44 Å². The van der Waals surface area contributed by atoms with Crippen LogP contribution in [0.3, 0.4) is 0 Å². The van der Waals surface area contributed by atoms with E-state index in [1.165, 1.54) is 0 Å². The lowest BCUT2D eigenvalue weighted by atomic mass is 10.1. The third-order valence-corrected chi connectivity index (χ3v) is 2.97. The van der Waals surface area contributed by atoms with Gasteiger partial charge in [0.2, 0.25) is 0 Å². The molecule has 0 spiro atoms. The van der Waals surface area contributed by atoms with Gasteiger partial charge in [-0.2, -0.15) is 0 Å². The second-order valence-corrected chi connectivity index (χ2v) is 4.05. The van der Waals surface area contributed by atoms with Crippen molar-refractivity contribution in [1.82, 2.24) is 0 Å². The summed E-state index contributed by atoms with van der Waals surface area (Å²) in [6, 6.07) is 0. The number of aliphatic hydroxyl groups is 2. The van der Waals surface area contributed by atoms with Crippen molar-refractivity contribution in [1.29, 1.82) is 0 Å². The topological polar surface area (TPSA) is 53.0 Å². The lowest BCUT2D eigenvalue weighted by Crippen LogP contribution is -2.32. The molecule has 0 aromatic rings. The lowest BCUT2D eigenvalue weighted by Gasteiger charge is -2.21. The summed E-state index contributed by atoms with van der Waals surface area (Å²) in [5.74, 6) is -1.68. The second-order valence-electron chi connectivity index (χ2n) is 2.83. The molecule has 1 aliphatic heterocycles. The maximum absolute atomic E-state index is 9.21. The average molecular weight is 196 g/mol. The van der Waals surface area contributed by atoms with Gasteiger partial charge in [-0.05, 0) is 6.42 Å². The number of thiol groups is 2. The highest BCUT2D eigenvalue weighted by Crippen LogP contribution is 2.48. The maximum atomic E-state index is 9.21. The van der Waals surface area contributed by atoms with Crippen LogP contribution in [0.2, 0.25) is 0 Å². The molecule has 2 unspecified atom stereocenters. The highest BCUT2D eigenvalue weighted by atomic mass is 32.1. The highest BCUT2D eigenvalue weighted by molar-refractivity contribution is 7.86. The Balaban J connectivity index is 2.43. The van der Waals surface area contributed by atoms with E-state index in [4.69, 9.17) is 4.74 Å². The number of ether oxygens (including phenoxy) is 1. The molecular formula is C6H12O3S2. The Labute approximate surface area is 76.6 Å². The summed E-state index contributed by atoms with van der Waals surface area (Å²) in [6.07, 6.45) is 0.354. The van der Waals surface area contributed by atoms with Crippen LogP contribution in [0.25, 0.3) is 0 Å². The van der Waals surface area contributed by atoms with Crippen LogP contribution >= 0.6 is 25.3 Å². The van der Waals surface area contributed by atoms with Crippen molar-refractivity contribution in [2.24, 2.45) is 0 Å². The molecule has 0 aromatic heterocycles. The minimum atomic E-state index is -1.68. The number of hydrogen-bond acceptors (Lipinski definition) is 5. The van der Waals surface area contributed by atoms with Crippen LogP contribution in [0.4, 0.5) is 0 Å². The van der Waals surface area contributed by atoms with Crippen LogP contribution in [0, 0.1) is 0 Å². The van der Waals surface area contributed by atoms with Crippen LogP contribution < -0.4 is 0 Å². The fraction of sp³-hybridized carbons (Fsp3) is 1.00. The Morgan fingerprint density at radius 1 is 1.64 bits per heavy atom. The molecule has 0 radical (unpaired) electrons. The molecule has 1 heterocycles. The molecule has 0 amide bonds. The molecule has 1 fully saturated rings. The van der Waals surface area contributed by atoms with E-state index in [0.29, 0.717) is 0 Å². The minimum absolute atomic E-state index is 0.0910. The van der Waals surface area contributed by atoms with Crippen LogP contribution in [-0.4, -0.2) is 26.4 Å². The van der Waals surface area contributed by atoms with Crippen molar-refractivity contribution in [2.45, 2.75) is 35.9 Å². The lowest BCUT2D eigenvalue weighted by molar-refractivity contribution is -0.171. The van der Waals surface area contributed by atoms with E-state index >= 15 is 0 Å². The van der Waals surface area contributed by atoms with E-state index in [2.05, 4.69) is 25.3 Å². The van der Waals surface area contributed by atoms with Gasteiger partial charge in [0, 0.05) is 6.42 Å². The smallest absolute Gasteiger partial charge is 0.165 e. The molecule has 3 nitrogen and oxygen atoms in total. The molecule has 11 heavy (non-hydrogen) atoms. The summed E-state index contributed by atoms with van der Waals surface area (Å²) >= 11 is 8.08. The Morgan fingerprint density at radius 3 is 2.36 bits per heavy atom. The van der Waals surface area contributed by atoms with Crippen molar-refractivity contribution in [3.8, 4) is 0 Å². The third kappa shape index (κ3) is 2.26. The summed E-state index contributed by atoms with van der Waals surface area (Å²) in [5, 5.41) is 18.4. The Hall–Kier alpha value is 0.580. The summed E-state index contributed by atoms with van der Waals surface area (Å²) in [7, 11) is 0. The monoisotopic (exact) mass is 196 g/mol. The van der Waals surface area contributed by atoms with Gasteiger partial charge in [-0.1, -0.05) is 6.92 Å². The summed E-state index contributed by atoms with van der Waals surface area (Å²) in [5.41, 5.74) is -0.281. The summed E-state index contributed by atoms with van der Waals surface area (Å²) in [4.78, 5) is -0.747. The maximum Gasteiger partial charge on any atom is 0.165 e. The predicted molar refractivity (Wildman–Crippen MR) is 47.7 cm³/mol. The number of rotatable bonds is 3. The van der Waals surface area contributed by atoms with E-state index in [1.807, 2.05) is 0 Å². The van der Waals surface area contributed by atoms with Crippen LogP contribution in [0.1, 0.15) is 19.8 Å². The van der Waals surface area contributed by atoms with Gasteiger partial charge in [-0.15, -0.1) is 25.3 Å². The molecule has 1 rings (SSSR count). The van der Waals surface area contributed by atoms with E-state index in [-0.39, 0.29) is 18.3 Å². The van der Waals surface area contributed by atoms with Crippen LogP contribution in [-0.2, 0) is 4.74 Å². The Morgan fingerprint density at radius 2 is 2.09 bits per heavy atom. The largest absolute Gasteiger partial charge is 0.365 e. The number of epoxide rings is 1. The van der Waals surface area contributed by atoms with Crippen LogP contribution in [0.15, 0.2) is 0 Å². The molecule has 0 saturated carbocycles. The fourth-order valence-corrected chi connectivity index (χ4v) is 1.54. The second kappa shape index (κ2) is 2.81. The molecule has 0 aromatic carbocycles. The van der Waals surface area contributed by atoms with Crippen LogP contribution in [0.5, 0.6) is 0 Å². The zero-order valence-electron chi connectivity index (χ0n) is 6.19. The molecule has 0 bridgehead atoms. The Kier molecular flexibility index (Phi) is 2.47. The summed E-state index contributed by atoms with van der Waals surface area (Å²) < 4.78 is 4.95. The first-order valence-electron chi connectivity index (χ1n) is 3.43. The van der Waals surface area contributed by atoms with Crippen molar-refractivity contribution in [3.63, 3.8) is 0 Å². The predicted octanol–water partition coefficient (Wildman–Crippen LogP) is 0.380. The molecule has 1 aliphatic rings. The zero-order chi connectivity index (χ0) is 8.70.